The number of primary amides is 1. The summed E-state index contributed by atoms with van der Waals surface area (Å²) in [7, 11) is 0. The molecule has 0 radical (unpaired) electrons. The lowest BCUT2D eigenvalue weighted by Crippen LogP contribution is -2.47. The molecule has 35 heavy (non-hydrogen) atoms. The molecule has 0 saturated heterocycles. The fourth-order valence-corrected chi connectivity index (χ4v) is 3.44. The highest BCUT2D eigenvalue weighted by molar-refractivity contribution is 5.87. The summed E-state index contributed by atoms with van der Waals surface area (Å²) in [4.78, 5) is 36.0. The summed E-state index contributed by atoms with van der Waals surface area (Å²) < 4.78 is 5.06. The fourth-order valence-electron chi connectivity index (χ4n) is 3.44. The molecule has 3 aromatic carbocycles. The van der Waals surface area contributed by atoms with Gasteiger partial charge in [-0.15, -0.1) is 0 Å². The Labute approximate surface area is 204 Å². The number of hydrogen-bond acceptors (Lipinski definition) is 5. The molecule has 3 amide bonds. The van der Waals surface area contributed by atoms with Crippen molar-refractivity contribution in [2.75, 3.05) is 6.54 Å². The predicted octanol–water partition coefficient (Wildman–Crippen LogP) is 2.54. The molecule has 5 N–H and O–H groups in total. The van der Waals surface area contributed by atoms with Gasteiger partial charge in [0.05, 0.1) is 12.5 Å². The van der Waals surface area contributed by atoms with E-state index in [2.05, 4.69) is 10.6 Å². The van der Waals surface area contributed by atoms with Gasteiger partial charge in [-0.3, -0.25) is 9.59 Å². The number of rotatable bonds is 11. The largest absolute Gasteiger partial charge is 0.445 e. The van der Waals surface area contributed by atoms with Gasteiger partial charge in [-0.25, -0.2) is 4.79 Å². The van der Waals surface area contributed by atoms with Crippen LogP contribution in [0.4, 0.5) is 4.79 Å². The van der Waals surface area contributed by atoms with E-state index in [1.165, 1.54) is 0 Å². The zero-order valence-electron chi connectivity index (χ0n) is 19.2. The summed E-state index contributed by atoms with van der Waals surface area (Å²) in [5, 5.41) is 15.1. The maximum Gasteiger partial charge on any atom is 0.407 e. The number of nitrogens with two attached hydrogens (primary N) is 1. The minimum absolute atomic E-state index is 0.0931. The quantitative estimate of drug-likeness (QED) is 0.339. The third-order valence-corrected chi connectivity index (χ3v) is 5.30. The SMILES string of the molecule is NC(=O)[C@H](Cc1ccc(-c2ccccc2)cc1)NC(=O)C[C@@H](O)CNC(=O)OCc1ccccc1. The molecule has 0 heterocycles. The van der Waals surface area contributed by atoms with E-state index in [-0.39, 0.29) is 26.0 Å². The average Bonchev–Trinajstić information content (AvgIpc) is 2.87. The van der Waals surface area contributed by atoms with Gasteiger partial charge in [0.15, 0.2) is 0 Å². The Bertz CT molecular complexity index is 1100. The van der Waals surface area contributed by atoms with Crippen molar-refractivity contribution >= 4 is 17.9 Å². The minimum atomic E-state index is -1.15. The van der Waals surface area contributed by atoms with Crippen molar-refractivity contribution in [3.8, 4) is 11.1 Å². The van der Waals surface area contributed by atoms with Crippen LogP contribution in [0.3, 0.4) is 0 Å². The Kier molecular flexibility index (Phi) is 9.39. The lowest BCUT2D eigenvalue weighted by atomic mass is 10.0. The van der Waals surface area contributed by atoms with Gasteiger partial charge >= 0.3 is 6.09 Å². The molecule has 0 bridgehead atoms. The van der Waals surface area contributed by atoms with E-state index in [1.807, 2.05) is 84.9 Å². The van der Waals surface area contributed by atoms with Crippen molar-refractivity contribution in [2.24, 2.45) is 5.73 Å². The van der Waals surface area contributed by atoms with E-state index in [9.17, 15) is 19.5 Å². The lowest BCUT2D eigenvalue weighted by Gasteiger charge is -2.17. The van der Waals surface area contributed by atoms with E-state index in [4.69, 9.17) is 10.5 Å². The van der Waals surface area contributed by atoms with Gasteiger partial charge in [0.1, 0.15) is 12.6 Å². The van der Waals surface area contributed by atoms with Gasteiger partial charge < -0.3 is 26.2 Å². The van der Waals surface area contributed by atoms with Crippen LogP contribution in [0.5, 0.6) is 0 Å². The topological polar surface area (TPSA) is 131 Å². The number of carbonyl (C=O) groups is 3. The van der Waals surface area contributed by atoms with E-state index in [0.717, 1.165) is 22.3 Å². The van der Waals surface area contributed by atoms with Gasteiger partial charge in [-0.1, -0.05) is 84.9 Å². The Balaban J connectivity index is 1.43. The van der Waals surface area contributed by atoms with E-state index in [1.54, 1.807) is 0 Å². The maximum absolute atomic E-state index is 12.3. The minimum Gasteiger partial charge on any atom is -0.445 e. The highest BCUT2D eigenvalue weighted by atomic mass is 16.5. The summed E-state index contributed by atoms with van der Waals surface area (Å²) >= 11 is 0. The standard InChI is InChI=1S/C27H29N3O5/c28-26(33)24(15-19-11-13-22(14-12-19)21-9-5-2-6-10-21)30-25(32)16-23(31)17-29-27(34)35-18-20-7-3-1-4-8-20/h1-14,23-24,31H,15-18H2,(H2,28,33)(H,29,34)(H,30,32)/t23-,24+/m1/s1. The molecule has 0 saturated carbocycles. The van der Waals surface area contributed by atoms with E-state index >= 15 is 0 Å². The molecule has 2 atom stereocenters. The number of nitrogens with one attached hydrogen (secondary N) is 2. The van der Waals surface area contributed by atoms with Crippen molar-refractivity contribution in [1.29, 1.82) is 0 Å². The highest BCUT2D eigenvalue weighted by Crippen LogP contribution is 2.19. The predicted molar refractivity (Wildman–Crippen MR) is 132 cm³/mol. The van der Waals surface area contributed by atoms with Crippen molar-refractivity contribution in [2.45, 2.75) is 31.6 Å². The Morgan fingerprint density at radius 2 is 1.43 bits per heavy atom. The number of alkyl carbamates (subject to hydrolysis) is 1. The van der Waals surface area contributed by atoms with Gasteiger partial charge in [-0.05, 0) is 22.3 Å². The monoisotopic (exact) mass is 475 g/mol. The molecule has 8 nitrogen and oxygen atoms in total. The number of hydrogen-bond donors (Lipinski definition) is 4. The number of carbonyl (C=O) groups excluding carboxylic acids is 3. The smallest absolute Gasteiger partial charge is 0.407 e. The maximum atomic E-state index is 12.3. The summed E-state index contributed by atoms with van der Waals surface area (Å²) in [6.07, 6.45) is -1.95. The van der Waals surface area contributed by atoms with Crippen LogP contribution in [0.25, 0.3) is 11.1 Å². The van der Waals surface area contributed by atoms with Crippen LogP contribution >= 0.6 is 0 Å². The number of aliphatic hydroxyl groups is 1. The van der Waals surface area contributed by atoms with Gasteiger partial charge in [0.25, 0.3) is 0 Å². The molecule has 8 heteroatoms. The zero-order valence-corrected chi connectivity index (χ0v) is 19.2. The average molecular weight is 476 g/mol. The third kappa shape index (κ3) is 8.60. The number of ether oxygens (including phenoxy) is 1. The van der Waals surface area contributed by atoms with Crippen LogP contribution in [-0.2, 0) is 27.4 Å². The van der Waals surface area contributed by atoms with Crippen molar-refractivity contribution < 1.29 is 24.2 Å². The summed E-state index contributed by atoms with van der Waals surface area (Å²) in [5.41, 5.74) is 9.24. The first-order valence-electron chi connectivity index (χ1n) is 11.3. The van der Waals surface area contributed by atoms with E-state index in [0.29, 0.717) is 0 Å². The fraction of sp³-hybridized carbons (Fsp3) is 0.222. The summed E-state index contributed by atoms with van der Waals surface area (Å²) in [6.45, 7) is -0.0842. The molecule has 0 spiro atoms. The first-order valence-corrected chi connectivity index (χ1v) is 11.3. The van der Waals surface area contributed by atoms with Gasteiger partial charge in [0, 0.05) is 13.0 Å². The number of amides is 3. The van der Waals surface area contributed by atoms with Crippen LogP contribution in [0.15, 0.2) is 84.9 Å². The molecular weight excluding hydrogens is 446 g/mol. The zero-order chi connectivity index (χ0) is 25.0. The number of benzene rings is 3. The molecule has 0 unspecified atom stereocenters. The Morgan fingerprint density at radius 1 is 0.829 bits per heavy atom. The molecule has 3 rings (SSSR count). The van der Waals surface area contributed by atoms with Crippen LogP contribution < -0.4 is 16.4 Å². The molecule has 0 aliphatic rings. The molecule has 0 fully saturated rings. The lowest BCUT2D eigenvalue weighted by molar-refractivity contribution is -0.128. The highest BCUT2D eigenvalue weighted by Gasteiger charge is 2.21. The second kappa shape index (κ2) is 12.9. The van der Waals surface area contributed by atoms with Crippen LogP contribution in [0.1, 0.15) is 17.5 Å². The van der Waals surface area contributed by atoms with Crippen molar-refractivity contribution in [3.05, 3.63) is 96.1 Å². The summed E-state index contributed by atoms with van der Waals surface area (Å²) in [5.74, 6) is -1.23. The normalized spacial score (nSPS) is 12.3. The van der Waals surface area contributed by atoms with Crippen LogP contribution in [0, 0.1) is 0 Å². The molecular formula is C27H29N3O5. The van der Waals surface area contributed by atoms with Gasteiger partial charge in [0.2, 0.25) is 11.8 Å². The Morgan fingerprint density at radius 3 is 2.06 bits per heavy atom. The second-order valence-electron chi connectivity index (χ2n) is 8.09. The summed E-state index contributed by atoms with van der Waals surface area (Å²) in [6, 6.07) is 25.7. The van der Waals surface area contributed by atoms with Crippen LogP contribution in [-0.4, -0.2) is 41.7 Å². The second-order valence-corrected chi connectivity index (χ2v) is 8.09. The van der Waals surface area contributed by atoms with Crippen molar-refractivity contribution in [1.82, 2.24) is 10.6 Å². The molecule has 0 aromatic heterocycles. The molecule has 182 valence electrons. The first kappa shape index (κ1) is 25.5. The molecule has 0 aliphatic carbocycles. The van der Waals surface area contributed by atoms with Crippen LogP contribution in [0.2, 0.25) is 0 Å². The van der Waals surface area contributed by atoms with E-state index < -0.39 is 30.1 Å². The Hall–Kier alpha value is -4.17. The molecule has 0 aliphatic heterocycles. The molecule has 3 aromatic rings. The third-order valence-electron chi connectivity index (χ3n) is 5.30. The number of aliphatic hydroxyl groups excluding tert-OH is 1. The van der Waals surface area contributed by atoms with Crippen molar-refractivity contribution in [3.63, 3.8) is 0 Å². The first-order chi connectivity index (χ1) is 16.9. The van der Waals surface area contributed by atoms with Gasteiger partial charge in [-0.2, -0.15) is 0 Å².